The third kappa shape index (κ3) is 9.08. The van der Waals surface area contributed by atoms with E-state index in [1.807, 2.05) is 18.2 Å². The maximum atomic E-state index is 13.7. The van der Waals surface area contributed by atoms with E-state index in [-0.39, 0.29) is 12.1 Å². The van der Waals surface area contributed by atoms with Crippen LogP contribution in [0.15, 0.2) is 66.9 Å². The molecule has 3 nitrogen and oxygen atoms in total. The van der Waals surface area contributed by atoms with Crippen molar-refractivity contribution >= 4 is 11.6 Å². The molecule has 0 radical (unpaired) electrons. The van der Waals surface area contributed by atoms with Crippen molar-refractivity contribution in [3.63, 3.8) is 0 Å². The van der Waals surface area contributed by atoms with Crippen molar-refractivity contribution in [1.29, 1.82) is 0 Å². The van der Waals surface area contributed by atoms with Gasteiger partial charge in [-0.05, 0) is 36.8 Å². The second-order valence-electron chi connectivity index (χ2n) is 6.53. The van der Waals surface area contributed by atoms with E-state index in [1.54, 1.807) is 6.07 Å². The summed E-state index contributed by atoms with van der Waals surface area (Å²) < 4.78 is 68.0. The third-order valence-electron chi connectivity index (χ3n) is 4.09. The van der Waals surface area contributed by atoms with Crippen LogP contribution < -0.4 is 10.5 Å². The van der Waals surface area contributed by atoms with Crippen molar-refractivity contribution in [2.45, 2.75) is 25.4 Å². The molecule has 0 aliphatic rings. The Kier molecular flexibility index (Phi) is 11.3. The van der Waals surface area contributed by atoms with Gasteiger partial charge < -0.3 is 10.5 Å². The second-order valence-corrected chi connectivity index (χ2v) is 6.97. The average Bonchev–Trinajstić information content (AvgIpc) is 2.77. The Balaban J connectivity index is 0.000000508. The van der Waals surface area contributed by atoms with Crippen LogP contribution in [0.1, 0.15) is 22.7 Å². The summed E-state index contributed by atoms with van der Waals surface area (Å²) in [6.45, 7) is 2.06. The fraction of sp³-hybridized carbons (Fsp3) is 0.208. The highest BCUT2D eigenvalue weighted by Crippen LogP contribution is 2.32. The summed E-state index contributed by atoms with van der Waals surface area (Å²) >= 11 is 5.73. The monoisotopic (exact) mass is 484 g/mol. The van der Waals surface area contributed by atoms with Crippen molar-refractivity contribution in [2.24, 2.45) is 5.73 Å². The minimum absolute atomic E-state index is 0.0250. The first-order valence-electron chi connectivity index (χ1n) is 9.44. The molecule has 3 aromatic rings. The summed E-state index contributed by atoms with van der Waals surface area (Å²) in [5.74, 6) is -2.32. The topological polar surface area (TPSA) is 48.1 Å². The molecular weight excluding hydrogens is 463 g/mol. The van der Waals surface area contributed by atoms with Crippen molar-refractivity contribution in [1.82, 2.24) is 4.98 Å². The Bertz CT molecular complexity index is 999. The van der Waals surface area contributed by atoms with E-state index in [1.165, 1.54) is 17.8 Å². The van der Waals surface area contributed by atoms with Crippen LogP contribution in [0.3, 0.4) is 0 Å². The molecular formula is C24H22ClF5N2O. The van der Waals surface area contributed by atoms with Gasteiger partial charge in [-0.25, -0.2) is 4.39 Å². The predicted octanol–water partition coefficient (Wildman–Crippen LogP) is 6.45. The Morgan fingerprint density at radius 1 is 1.06 bits per heavy atom. The highest BCUT2D eigenvalue weighted by molar-refractivity contribution is 6.30. The zero-order chi connectivity index (χ0) is 25.0. The van der Waals surface area contributed by atoms with E-state index >= 15 is 0 Å². The molecule has 2 N–H and O–H groups in total. The number of nitrogens with zero attached hydrogens (tertiary/aromatic N) is 1. The van der Waals surface area contributed by atoms with E-state index in [9.17, 15) is 22.0 Å². The maximum absolute atomic E-state index is 13.7. The zero-order valence-electron chi connectivity index (χ0n) is 17.6. The lowest BCUT2D eigenvalue weighted by Crippen LogP contribution is -2.33. The van der Waals surface area contributed by atoms with Crippen LogP contribution in [-0.2, 0) is 0 Å². The van der Waals surface area contributed by atoms with Crippen LogP contribution in [0.2, 0.25) is 5.02 Å². The third-order valence-corrected chi connectivity index (χ3v) is 4.31. The molecule has 0 fully saturated rings. The SMILES string of the molecule is C#C.Cc1ccccc1.NC[C@@H](c1cc(F)cc(OC(F)(F)C(F)F)c1)c1ccc(Cl)cn1. The van der Waals surface area contributed by atoms with Crippen molar-refractivity contribution in [3.05, 3.63) is 94.5 Å². The quantitative estimate of drug-likeness (QED) is 0.323. The molecule has 0 unspecified atom stereocenters. The van der Waals surface area contributed by atoms with Crippen LogP contribution in [0.25, 0.3) is 0 Å². The van der Waals surface area contributed by atoms with Crippen LogP contribution >= 0.6 is 11.6 Å². The number of terminal acetylenes is 1. The van der Waals surface area contributed by atoms with Gasteiger partial charge in [0.1, 0.15) is 11.6 Å². The molecule has 1 heterocycles. The number of pyridine rings is 1. The molecule has 0 saturated heterocycles. The van der Waals surface area contributed by atoms with Gasteiger partial charge in [-0.15, -0.1) is 12.8 Å². The molecule has 1 aromatic heterocycles. The molecule has 2 aromatic carbocycles. The van der Waals surface area contributed by atoms with E-state index < -0.39 is 30.0 Å². The molecule has 0 bridgehead atoms. The van der Waals surface area contributed by atoms with E-state index in [4.69, 9.17) is 17.3 Å². The summed E-state index contributed by atoms with van der Waals surface area (Å²) in [7, 11) is 0. The van der Waals surface area contributed by atoms with Crippen LogP contribution in [0.4, 0.5) is 22.0 Å². The highest BCUT2D eigenvalue weighted by Gasteiger charge is 2.44. The standard InChI is InChI=1S/C15H12ClF5N2O.C7H8.C2H2/c16-9-1-2-13(23-7-9)12(6-22)8-3-10(17)5-11(4-8)24-15(20,21)14(18)19;1-7-5-3-2-4-6-7;1-2/h1-5,7,12,14H,6,22H2;2-6H,1H3;1-2H/t12-;;/m0../s1. The molecule has 0 amide bonds. The van der Waals surface area contributed by atoms with Gasteiger partial charge in [-0.3, -0.25) is 4.98 Å². The lowest BCUT2D eigenvalue weighted by Gasteiger charge is -2.19. The maximum Gasteiger partial charge on any atom is 0.461 e. The largest absolute Gasteiger partial charge is 0.461 e. The molecule has 3 rings (SSSR count). The van der Waals surface area contributed by atoms with Gasteiger partial charge in [0.25, 0.3) is 0 Å². The van der Waals surface area contributed by atoms with E-state index in [0.29, 0.717) is 16.8 Å². The molecule has 0 spiro atoms. The van der Waals surface area contributed by atoms with Gasteiger partial charge in [0, 0.05) is 30.4 Å². The Morgan fingerprint density at radius 3 is 2.15 bits per heavy atom. The molecule has 9 heteroatoms. The lowest BCUT2D eigenvalue weighted by molar-refractivity contribution is -0.253. The van der Waals surface area contributed by atoms with Gasteiger partial charge >= 0.3 is 12.5 Å². The average molecular weight is 485 g/mol. The van der Waals surface area contributed by atoms with Crippen molar-refractivity contribution in [2.75, 3.05) is 6.54 Å². The van der Waals surface area contributed by atoms with Crippen molar-refractivity contribution in [3.8, 4) is 18.6 Å². The number of hydrogen-bond donors (Lipinski definition) is 1. The van der Waals surface area contributed by atoms with Gasteiger partial charge in [-0.1, -0.05) is 47.5 Å². The summed E-state index contributed by atoms with van der Waals surface area (Å²) in [5, 5.41) is 0.370. The van der Waals surface area contributed by atoms with Crippen LogP contribution in [0.5, 0.6) is 5.75 Å². The van der Waals surface area contributed by atoms with Gasteiger partial charge in [0.15, 0.2) is 0 Å². The number of alkyl halides is 4. The summed E-state index contributed by atoms with van der Waals surface area (Å²) in [5.41, 5.74) is 7.54. The number of benzene rings is 2. The highest BCUT2D eigenvalue weighted by atomic mass is 35.5. The number of aromatic nitrogens is 1. The molecule has 1 atom stereocenters. The number of hydrogen-bond acceptors (Lipinski definition) is 3. The van der Waals surface area contributed by atoms with Gasteiger partial charge in [-0.2, -0.15) is 17.6 Å². The number of halogens is 6. The first kappa shape index (κ1) is 27.9. The van der Waals surface area contributed by atoms with E-state index in [0.717, 1.165) is 12.1 Å². The number of nitrogens with two attached hydrogens (primary N) is 1. The summed E-state index contributed by atoms with van der Waals surface area (Å²) in [6, 6.07) is 16.0. The minimum atomic E-state index is -4.73. The van der Waals surface area contributed by atoms with Gasteiger partial charge in [0.2, 0.25) is 0 Å². The number of ether oxygens (including phenoxy) is 1. The van der Waals surface area contributed by atoms with E-state index in [2.05, 4.69) is 41.6 Å². The molecule has 0 saturated carbocycles. The Morgan fingerprint density at radius 2 is 1.70 bits per heavy atom. The Hall–Kier alpha value is -3.15. The van der Waals surface area contributed by atoms with Crippen LogP contribution in [-0.4, -0.2) is 24.1 Å². The Labute approximate surface area is 194 Å². The normalized spacial score (nSPS) is 11.5. The summed E-state index contributed by atoms with van der Waals surface area (Å²) in [6.07, 6.45) is 0.565. The molecule has 0 aliphatic heterocycles. The fourth-order valence-corrected chi connectivity index (χ4v) is 2.71. The zero-order valence-corrected chi connectivity index (χ0v) is 18.3. The number of rotatable bonds is 6. The first-order valence-corrected chi connectivity index (χ1v) is 9.82. The van der Waals surface area contributed by atoms with Crippen LogP contribution in [0, 0.1) is 25.6 Å². The number of aryl methyl sites for hydroxylation is 1. The molecule has 0 aliphatic carbocycles. The predicted molar refractivity (Wildman–Crippen MR) is 119 cm³/mol. The lowest BCUT2D eigenvalue weighted by atomic mass is 9.95. The van der Waals surface area contributed by atoms with Crippen molar-refractivity contribution < 1.29 is 26.7 Å². The first-order chi connectivity index (χ1) is 15.6. The fourth-order valence-electron chi connectivity index (χ4n) is 2.60. The second kappa shape index (κ2) is 13.4. The summed E-state index contributed by atoms with van der Waals surface area (Å²) in [4.78, 5) is 4.04. The molecule has 33 heavy (non-hydrogen) atoms. The van der Waals surface area contributed by atoms with Gasteiger partial charge in [0.05, 0.1) is 5.02 Å². The molecule has 176 valence electrons. The minimum Gasteiger partial charge on any atom is -0.428 e. The smallest absolute Gasteiger partial charge is 0.428 e.